The largest absolute Gasteiger partial charge is 0.396 e. The van der Waals surface area contributed by atoms with E-state index in [0.29, 0.717) is 23.5 Å². The molecule has 4 nitrogen and oxygen atoms in total. The topological polar surface area (TPSA) is 66.0 Å². The minimum Gasteiger partial charge on any atom is -0.396 e. The molecule has 0 saturated carbocycles. The lowest BCUT2D eigenvalue weighted by atomic mass is 10.1. The van der Waals surface area contributed by atoms with Crippen LogP contribution in [0.15, 0.2) is 29.1 Å². The summed E-state index contributed by atoms with van der Waals surface area (Å²) in [6.07, 6.45) is 0.336. The van der Waals surface area contributed by atoms with Crippen LogP contribution in [0.3, 0.4) is 0 Å². The maximum atomic E-state index is 11.9. The van der Waals surface area contributed by atoms with Crippen LogP contribution in [-0.4, -0.2) is 21.7 Å². The normalized spacial score (nSPS) is 10.6. The van der Waals surface area contributed by atoms with Crippen molar-refractivity contribution in [3.8, 4) is 11.4 Å². The number of aliphatic hydroxyl groups is 1. The van der Waals surface area contributed by atoms with E-state index in [2.05, 4.69) is 9.97 Å². The summed E-state index contributed by atoms with van der Waals surface area (Å²) in [6, 6.07) is 7.82. The number of hydrogen-bond acceptors (Lipinski definition) is 3. The van der Waals surface area contributed by atoms with Gasteiger partial charge in [0, 0.05) is 29.8 Å². The Kier molecular flexibility index (Phi) is 3.58. The second-order valence-corrected chi connectivity index (χ2v) is 4.32. The molecule has 0 spiro atoms. The minimum atomic E-state index is -0.174. The van der Waals surface area contributed by atoms with Crippen molar-refractivity contribution in [3.63, 3.8) is 0 Å². The highest BCUT2D eigenvalue weighted by Crippen LogP contribution is 2.15. The Labute approximate surface area is 105 Å². The van der Waals surface area contributed by atoms with E-state index in [-0.39, 0.29) is 12.2 Å². The summed E-state index contributed by atoms with van der Waals surface area (Å²) in [7, 11) is 0. The highest BCUT2D eigenvalue weighted by molar-refractivity contribution is 5.55. The summed E-state index contributed by atoms with van der Waals surface area (Å²) < 4.78 is 0. The van der Waals surface area contributed by atoms with Crippen molar-refractivity contribution in [2.45, 2.75) is 20.3 Å². The highest BCUT2D eigenvalue weighted by atomic mass is 16.3. The average Bonchev–Trinajstić information content (AvgIpc) is 2.34. The van der Waals surface area contributed by atoms with Gasteiger partial charge in [0.25, 0.3) is 5.56 Å². The molecule has 1 aromatic heterocycles. The van der Waals surface area contributed by atoms with Crippen molar-refractivity contribution in [3.05, 3.63) is 51.4 Å². The molecule has 2 rings (SSSR count). The van der Waals surface area contributed by atoms with Gasteiger partial charge in [-0.25, -0.2) is 4.98 Å². The third-order valence-corrected chi connectivity index (χ3v) is 2.91. The predicted octanol–water partition coefficient (Wildman–Crippen LogP) is 1.59. The van der Waals surface area contributed by atoms with Crippen molar-refractivity contribution in [1.82, 2.24) is 9.97 Å². The molecule has 0 aliphatic rings. The molecule has 4 heteroatoms. The smallest absolute Gasteiger partial charge is 0.254 e. The van der Waals surface area contributed by atoms with E-state index < -0.39 is 0 Å². The summed E-state index contributed by atoms with van der Waals surface area (Å²) >= 11 is 0. The van der Waals surface area contributed by atoms with Crippen molar-refractivity contribution >= 4 is 0 Å². The van der Waals surface area contributed by atoms with Crippen LogP contribution in [0.4, 0.5) is 0 Å². The molecule has 2 aromatic rings. The molecule has 0 radical (unpaired) electrons. The lowest BCUT2D eigenvalue weighted by Gasteiger charge is -2.06. The van der Waals surface area contributed by atoms with Gasteiger partial charge in [-0.05, 0) is 13.8 Å². The number of hydrogen-bond donors (Lipinski definition) is 2. The standard InChI is InChI=1S/C14H16N2O2/c1-9-3-5-11(6-4-9)13-15-10(2)12(7-8-17)14(18)16-13/h3-6,17H,7-8H2,1-2H3,(H,15,16,18). The lowest BCUT2D eigenvalue weighted by Crippen LogP contribution is -2.18. The van der Waals surface area contributed by atoms with Crippen LogP contribution in [0.1, 0.15) is 16.8 Å². The predicted molar refractivity (Wildman–Crippen MR) is 70.6 cm³/mol. The van der Waals surface area contributed by atoms with Gasteiger partial charge in [0.1, 0.15) is 5.82 Å². The molecule has 0 aliphatic heterocycles. The van der Waals surface area contributed by atoms with Crippen molar-refractivity contribution in [2.24, 2.45) is 0 Å². The Balaban J connectivity index is 2.48. The zero-order valence-electron chi connectivity index (χ0n) is 10.5. The molecule has 0 fully saturated rings. The van der Waals surface area contributed by atoms with Gasteiger partial charge >= 0.3 is 0 Å². The van der Waals surface area contributed by atoms with Gasteiger partial charge in [-0.15, -0.1) is 0 Å². The van der Waals surface area contributed by atoms with E-state index in [1.54, 1.807) is 6.92 Å². The fourth-order valence-corrected chi connectivity index (χ4v) is 1.86. The van der Waals surface area contributed by atoms with Crippen molar-refractivity contribution in [1.29, 1.82) is 0 Å². The number of aromatic amines is 1. The number of H-pyrrole nitrogens is 1. The van der Waals surface area contributed by atoms with Crippen LogP contribution < -0.4 is 5.56 Å². The number of rotatable bonds is 3. The summed E-state index contributed by atoms with van der Waals surface area (Å²) in [5.74, 6) is 0.569. The van der Waals surface area contributed by atoms with E-state index >= 15 is 0 Å². The van der Waals surface area contributed by atoms with Gasteiger partial charge in [-0.2, -0.15) is 0 Å². The van der Waals surface area contributed by atoms with Crippen molar-refractivity contribution < 1.29 is 5.11 Å². The zero-order chi connectivity index (χ0) is 13.1. The van der Waals surface area contributed by atoms with Crippen LogP contribution in [0.25, 0.3) is 11.4 Å². The van der Waals surface area contributed by atoms with Gasteiger partial charge < -0.3 is 10.1 Å². The molecule has 0 unspecified atom stereocenters. The van der Waals surface area contributed by atoms with E-state index in [1.807, 2.05) is 31.2 Å². The summed E-state index contributed by atoms with van der Waals surface area (Å²) in [4.78, 5) is 19.0. The molecule has 0 amide bonds. The van der Waals surface area contributed by atoms with Gasteiger partial charge in [0.15, 0.2) is 0 Å². The molecular formula is C14H16N2O2. The fraction of sp³-hybridized carbons (Fsp3) is 0.286. The average molecular weight is 244 g/mol. The Morgan fingerprint density at radius 2 is 1.89 bits per heavy atom. The van der Waals surface area contributed by atoms with Gasteiger partial charge in [0.2, 0.25) is 0 Å². The Morgan fingerprint density at radius 3 is 2.44 bits per heavy atom. The molecule has 0 bridgehead atoms. The third-order valence-electron chi connectivity index (χ3n) is 2.91. The first-order valence-electron chi connectivity index (χ1n) is 5.89. The minimum absolute atomic E-state index is 0.0462. The SMILES string of the molecule is Cc1ccc(-c2nc(C)c(CCO)c(=O)[nH]2)cc1. The Hall–Kier alpha value is -1.94. The number of nitrogens with zero attached hydrogens (tertiary/aromatic N) is 1. The van der Waals surface area contributed by atoms with Crippen LogP contribution in [0.2, 0.25) is 0 Å². The Morgan fingerprint density at radius 1 is 1.22 bits per heavy atom. The molecule has 1 aromatic carbocycles. The van der Waals surface area contributed by atoms with Gasteiger partial charge in [-0.1, -0.05) is 29.8 Å². The highest BCUT2D eigenvalue weighted by Gasteiger charge is 2.08. The number of nitrogens with one attached hydrogen (secondary N) is 1. The molecule has 18 heavy (non-hydrogen) atoms. The maximum absolute atomic E-state index is 11.9. The molecule has 0 atom stereocenters. The van der Waals surface area contributed by atoms with E-state index in [4.69, 9.17) is 5.11 Å². The molecule has 2 N–H and O–H groups in total. The van der Waals surface area contributed by atoms with Crippen LogP contribution in [0, 0.1) is 13.8 Å². The van der Waals surface area contributed by atoms with Crippen LogP contribution in [0.5, 0.6) is 0 Å². The van der Waals surface area contributed by atoms with Gasteiger partial charge in [-0.3, -0.25) is 4.79 Å². The monoisotopic (exact) mass is 244 g/mol. The molecule has 94 valence electrons. The quantitative estimate of drug-likeness (QED) is 0.861. The molecule has 0 aliphatic carbocycles. The summed E-state index contributed by atoms with van der Waals surface area (Å²) in [5, 5.41) is 8.90. The Bertz CT molecular complexity index is 600. The van der Waals surface area contributed by atoms with E-state index in [9.17, 15) is 4.79 Å². The van der Waals surface area contributed by atoms with Crippen molar-refractivity contribution in [2.75, 3.05) is 6.61 Å². The summed E-state index contributed by atoms with van der Waals surface area (Å²) in [6.45, 7) is 3.75. The second kappa shape index (κ2) is 5.14. The van der Waals surface area contributed by atoms with E-state index in [0.717, 1.165) is 11.1 Å². The maximum Gasteiger partial charge on any atom is 0.254 e. The lowest BCUT2D eigenvalue weighted by molar-refractivity contribution is 0.298. The first kappa shape index (κ1) is 12.5. The second-order valence-electron chi connectivity index (χ2n) is 4.32. The van der Waals surface area contributed by atoms with Gasteiger partial charge in [0.05, 0.1) is 0 Å². The number of aromatic nitrogens is 2. The van der Waals surface area contributed by atoms with Crippen LogP contribution >= 0.6 is 0 Å². The fourth-order valence-electron chi connectivity index (χ4n) is 1.86. The van der Waals surface area contributed by atoms with Crippen LogP contribution in [-0.2, 0) is 6.42 Å². The molecular weight excluding hydrogens is 228 g/mol. The number of aryl methyl sites for hydroxylation is 2. The molecule has 0 saturated heterocycles. The molecule has 1 heterocycles. The first-order chi connectivity index (χ1) is 8.61. The summed E-state index contributed by atoms with van der Waals surface area (Å²) in [5.41, 5.74) is 3.09. The number of benzene rings is 1. The first-order valence-corrected chi connectivity index (χ1v) is 5.89. The number of aliphatic hydroxyl groups excluding tert-OH is 1. The zero-order valence-corrected chi connectivity index (χ0v) is 10.5. The van der Waals surface area contributed by atoms with E-state index in [1.165, 1.54) is 0 Å². The third kappa shape index (κ3) is 2.49.